The van der Waals surface area contributed by atoms with Crippen molar-refractivity contribution in [3.05, 3.63) is 35.9 Å². The van der Waals surface area contributed by atoms with Gasteiger partial charge in [0.05, 0.1) is 0 Å². The minimum atomic E-state index is -0.540. The molecule has 0 bridgehead atoms. The molecule has 1 aromatic rings. The van der Waals surface area contributed by atoms with Crippen molar-refractivity contribution in [1.29, 1.82) is 0 Å². The van der Waals surface area contributed by atoms with Crippen molar-refractivity contribution in [3.63, 3.8) is 0 Å². The lowest BCUT2D eigenvalue weighted by Gasteiger charge is -2.24. The van der Waals surface area contributed by atoms with Crippen LogP contribution in [0.5, 0.6) is 0 Å². The van der Waals surface area contributed by atoms with E-state index in [1.165, 1.54) is 0 Å². The van der Waals surface area contributed by atoms with Crippen LogP contribution in [-0.4, -0.2) is 41.8 Å². The van der Waals surface area contributed by atoms with Gasteiger partial charge in [0.1, 0.15) is 6.04 Å². The van der Waals surface area contributed by atoms with Crippen LogP contribution in [0.1, 0.15) is 30.9 Å². The van der Waals surface area contributed by atoms with E-state index in [-0.39, 0.29) is 11.8 Å². The van der Waals surface area contributed by atoms with Crippen LogP contribution in [0.4, 0.5) is 0 Å². The molecule has 21 heavy (non-hydrogen) atoms. The molecule has 5 heteroatoms. The molecule has 2 amide bonds. The molecular formula is C16H22N2O2S. The Morgan fingerprint density at radius 1 is 1.24 bits per heavy atom. The van der Waals surface area contributed by atoms with Gasteiger partial charge in [0.15, 0.2) is 0 Å². The highest BCUT2D eigenvalue weighted by Crippen LogP contribution is 2.19. The second-order valence-electron chi connectivity index (χ2n) is 5.19. The second kappa shape index (κ2) is 8.08. The first-order valence-corrected chi connectivity index (χ1v) is 8.74. The summed E-state index contributed by atoms with van der Waals surface area (Å²) < 4.78 is 0. The van der Waals surface area contributed by atoms with E-state index in [0.29, 0.717) is 13.0 Å². The fourth-order valence-corrected chi connectivity index (χ4v) is 2.96. The van der Waals surface area contributed by atoms with Gasteiger partial charge in [-0.05, 0) is 30.4 Å². The average molecular weight is 306 g/mol. The first-order valence-electron chi connectivity index (χ1n) is 7.34. The summed E-state index contributed by atoms with van der Waals surface area (Å²) in [6.07, 6.45) is 4.56. The van der Waals surface area contributed by atoms with Gasteiger partial charge in [0, 0.05) is 19.5 Å². The predicted molar refractivity (Wildman–Crippen MR) is 86.1 cm³/mol. The summed E-state index contributed by atoms with van der Waals surface area (Å²) in [5.41, 5.74) is 0.854. The van der Waals surface area contributed by atoms with Crippen molar-refractivity contribution in [2.75, 3.05) is 25.1 Å². The third-order valence-corrected chi connectivity index (χ3v) is 4.33. The lowest BCUT2D eigenvalue weighted by molar-refractivity contribution is -0.133. The van der Waals surface area contributed by atoms with Crippen LogP contribution in [0, 0.1) is 0 Å². The van der Waals surface area contributed by atoms with Crippen molar-refractivity contribution in [1.82, 2.24) is 10.2 Å². The Morgan fingerprint density at radius 2 is 2.00 bits per heavy atom. The predicted octanol–water partition coefficient (Wildman–Crippen LogP) is 2.22. The summed E-state index contributed by atoms with van der Waals surface area (Å²) in [6, 6.07) is 8.93. The molecule has 1 heterocycles. The Hall–Kier alpha value is -1.49. The van der Waals surface area contributed by atoms with Crippen LogP contribution in [-0.2, 0) is 9.59 Å². The van der Waals surface area contributed by atoms with Gasteiger partial charge in [-0.15, -0.1) is 0 Å². The summed E-state index contributed by atoms with van der Waals surface area (Å²) in [5.74, 6) is 1.07. The van der Waals surface area contributed by atoms with Crippen molar-refractivity contribution >= 4 is 23.6 Å². The number of nitrogens with one attached hydrogen (secondary N) is 1. The van der Waals surface area contributed by atoms with Crippen molar-refractivity contribution in [2.24, 2.45) is 0 Å². The minimum Gasteiger partial charge on any atom is -0.340 e. The van der Waals surface area contributed by atoms with E-state index in [2.05, 4.69) is 11.6 Å². The van der Waals surface area contributed by atoms with E-state index in [1.807, 2.05) is 47.0 Å². The monoisotopic (exact) mass is 306 g/mol. The number of unbranched alkanes of at least 4 members (excludes halogenated alkanes) is 1. The Labute approximate surface area is 130 Å². The topological polar surface area (TPSA) is 49.4 Å². The lowest BCUT2D eigenvalue weighted by Crippen LogP contribution is -2.38. The molecule has 1 saturated heterocycles. The summed E-state index contributed by atoms with van der Waals surface area (Å²) in [4.78, 5) is 26.3. The molecular weight excluding hydrogens is 284 g/mol. The minimum absolute atomic E-state index is 0.0104. The van der Waals surface area contributed by atoms with Crippen molar-refractivity contribution in [3.8, 4) is 0 Å². The molecule has 0 saturated carbocycles. The summed E-state index contributed by atoms with van der Waals surface area (Å²) in [5, 5.41) is 2.84. The van der Waals surface area contributed by atoms with Gasteiger partial charge < -0.3 is 10.2 Å². The van der Waals surface area contributed by atoms with Crippen LogP contribution >= 0.6 is 11.8 Å². The smallest absolute Gasteiger partial charge is 0.249 e. The Bertz CT molecular complexity index is 478. The number of amides is 2. The fourth-order valence-electron chi connectivity index (χ4n) is 2.47. The number of hydrogen-bond acceptors (Lipinski definition) is 3. The fraction of sp³-hybridized carbons (Fsp3) is 0.500. The van der Waals surface area contributed by atoms with Gasteiger partial charge in [-0.2, -0.15) is 11.8 Å². The van der Waals surface area contributed by atoms with Gasteiger partial charge >= 0.3 is 0 Å². The quantitative estimate of drug-likeness (QED) is 0.820. The third-order valence-electron chi connectivity index (χ3n) is 3.63. The van der Waals surface area contributed by atoms with Crippen LogP contribution in [0.2, 0.25) is 0 Å². The number of hydrogen-bond donors (Lipinski definition) is 1. The summed E-state index contributed by atoms with van der Waals surface area (Å²) in [7, 11) is 0. The zero-order valence-corrected chi connectivity index (χ0v) is 13.2. The molecule has 1 aliphatic rings. The molecule has 1 atom stereocenters. The molecule has 1 fully saturated rings. The molecule has 1 aromatic carbocycles. The molecule has 0 spiro atoms. The largest absolute Gasteiger partial charge is 0.340 e. The second-order valence-corrected chi connectivity index (χ2v) is 6.17. The Balaban J connectivity index is 2.05. The number of nitrogens with zero attached hydrogens (tertiary/aromatic N) is 1. The van der Waals surface area contributed by atoms with E-state index < -0.39 is 6.04 Å². The van der Waals surface area contributed by atoms with Crippen LogP contribution in [0.3, 0.4) is 0 Å². The molecule has 0 radical (unpaired) electrons. The molecule has 4 nitrogen and oxygen atoms in total. The molecule has 2 rings (SSSR count). The third kappa shape index (κ3) is 4.49. The summed E-state index contributed by atoms with van der Waals surface area (Å²) in [6.45, 7) is 1.25. The highest BCUT2D eigenvalue weighted by atomic mass is 32.2. The highest BCUT2D eigenvalue weighted by Gasteiger charge is 2.30. The Kier molecular flexibility index (Phi) is 6.11. The normalized spacial score (nSPS) is 19.3. The number of carbonyl (C=O) groups excluding carboxylic acids is 2. The van der Waals surface area contributed by atoms with Gasteiger partial charge in [0.2, 0.25) is 11.8 Å². The van der Waals surface area contributed by atoms with Gasteiger partial charge in [-0.1, -0.05) is 30.3 Å². The number of benzene rings is 1. The summed E-state index contributed by atoms with van der Waals surface area (Å²) >= 11 is 1.82. The molecule has 1 unspecified atom stereocenters. The van der Waals surface area contributed by atoms with E-state index in [1.54, 1.807) is 0 Å². The molecule has 114 valence electrons. The SMILES string of the molecule is CSCCCCN1CCC(=O)NC(c2ccccc2)C1=O. The number of rotatable bonds is 6. The Morgan fingerprint density at radius 3 is 2.71 bits per heavy atom. The first-order chi connectivity index (χ1) is 10.2. The number of carbonyl (C=O) groups is 2. The maximum Gasteiger partial charge on any atom is 0.249 e. The maximum atomic E-state index is 12.7. The van der Waals surface area contributed by atoms with Gasteiger partial charge in [-0.25, -0.2) is 0 Å². The first kappa shape index (κ1) is 15.9. The van der Waals surface area contributed by atoms with E-state index >= 15 is 0 Å². The maximum absolute atomic E-state index is 12.7. The number of thioether (sulfide) groups is 1. The van der Waals surface area contributed by atoms with Crippen LogP contribution in [0.15, 0.2) is 30.3 Å². The molecule has 1 N–H and O–H groups in total. The zero-order chi connectivity index (χ0) is 15.1. The van der Waals surface area contributed by atoms with Crippen LogP contribution < -0.4 is 5.32 Å². The lowest BCUT2D eigenvalue weighted by atomic mass is 10.1. The molecule has 1 aliphatic heterocycles. The van der Waals surface area contributed by atoms with E-state index in [0.717, 1.165) is 30.7 Å². The van der Waals surface area contributed by atoms with Gasteiger partial charge in [0.25, 0.3) is 0 Å². The van der Waals surface area contributed by atoms with Crippen molar-refractivity contribution in [2.45, 2.75) is 25.3 Å². The van der Waals surface area contributed by atoms with Crippen LogP contribution in [0.25, 0.3) is 0 Å². The van der Waals surface area contributed by atoms with Crippen molar-refractivity contribution < 1.29 is 9.59 Å². The highest BCUT2D eigenvalue weighted by molar-refractivity contribution is 7.98. The standard InChI is InChI=1S/C16H22N2O2S/c1-21-12-6-5-10-18-11-9-14(19)17-15(16(18)20)13-7-3-2-4-8-13/h2-4,7-8,15H,5-6,9-12H2,1H3,(H,17,19). The molecule has 0 aromatic heterocycles. The van der Waals surface area contributed by atoms with E-state index in [9.17, 15) is 9.59 Å². The van der Waals surface area contributed by atoms with Gasteiger partial charge in [-0.3, -0.25) is 9.59 Å². The zero-order valence-electron chi connectivity index (χ0n) is 12.4. The average Bonchev–Trinajstić information content (AvgIpc) is 2.65. The molecule has 0 aliphatic carbocycles. The van der Waals surface area contributed by atoms with E-state index in [4.69, 9.17) is 0 Å².